The van der Waals surface area contributed by atoms with Crippen molar-refractivity contribution in [2.24, 2.45) is 5.92 Å². The van der Waals surface area contributed by atoms with Crippen molar-refractivity contribution in [3.8, 4) is 5.75 Å². The van der Waals surface area contributed by atoms with E-state index in [0.717, 1.165) is 31.6 Å². The molecule has 1 aliphatic carbocycles. The highest BCUT2D eigenvalue weighted by Crippen LogP contribution is 2.50. The molecule has 0 radical (unpaired) electrons. The summed E-state index contributed by atoms with van der Waals surface area (Å²) in [6.07, 6.45) is 3.20. The normalized spacial score (nSPS) is 26.3. The molecular formula is C19H21NO2S. The van der Waals surface area contributed by atoms with Crippen molar-refractivity contribution in [2.75, 3.05) is 13.7 Å². The third-order valence-corrected chi connectivity index (χ3v) is 5.82. The predicted molar refractivity (Wildman–Crippen MR) is 91.8 cm³/mol. The fraction of sp³-hybridized carbons (Fsp3) is 0.421. The van der Waals surface area contributed by atoms with Crippen LogP contribution in [0.2, 0.25) is 0 Å². The minimum absolute atomic E-state index is 0.169. The Morgan fingerprint density at radius 2 is 2.04 bits per heavy atom. The van der Waals surface area contributed by atoms with Gasteiger partial charge in [-0.15, -0.1) is 0 Å². The number of carbonyl (C=O) groups excluding carboxylic acids is 1. The van der Waals surface area contributed by atoms with Crippen molar-refractivity contribution in [2.45, 2.75) is 31.2 Å². The first-order chi connectivity index (χ1) is 11.3. The fourth-order valence-corrected chi connectivity index (χ4v) is 4.45. The summed E-state index contributed by atoms with van der Waals surface area (Å²) < 4.78 is 5.21. The number of thiophene rings is 1. The smallest absolute Gasteiger partial charge is 0.226 e. The van der Waals surface area contributed by atoms with E-state index in [1.807, 2.05) is 12.1 Å². The lowest BCUT2D eigenvalue weighted by atomic mass is 10.1. The molecule has 2 fully saturated rings. The molecule has 1 aromatic carbocycles. The largest absolute Gasteiger partial charge is 0.497 e. The Kier molecular flexibility index (Phi) is 3.85. The Hall–Kier alpha value is -1.81. The third-order valence-electron chi connectivity index (χ3n) is 5.12. The first-order valence-corrected chi connectivity index (χ1v) is 9.18. The average Bonchev–Trinajstić information content (AvgIpc) is 3.00. The zero-order chi connectivity index (χ0) is 15.8. The van der Waals surface area contributed by atoms with Crippen molar-refractivity contribution in [3.05, 3.63) is 52.2 Å². The Morgan fingerprint density at radius 1 is 1.22 bits per heavy atom. The van der Waals surface area contributed by atoms with Crippen LogP contribution in [0.15, 0.2) is 41.1 Å². The summed E-state index contributed by atoms with van der Waals surface area (Å²) in [6, 6.07) is 10.6. The summed E-state index contributed by atoms with van der Waals surface area (Å²) in [7, 11) is 1.68. The number of hydrogen-bond donors (Lipinski definition) is 0. The van der Waals surface area contributed by atoms with E-state index >= 15 is 0 Å². The predicted octanol–water partition coefficient (Wildman–Crippen LogP) is 4.22. The van der Waals surface area contributed by atoms with Crippen molar-refractivity contribution < 1.29 is 9.53 Å². The molecule has 4 rings (SSSR count). The van der Waals surface area contributed by atoms with E-state index in [-0.39, 0.29) is 5.92 Å². The van der Waals surface area contributed by atoms with Crippen LogP contribution in [0.1, 0.15) is 42.3 Å². The van der Waals surface area contributed by atoms with Crippen LogP contribution in [0.5, 0.6) is 5.75 Å². The van der Waals surface area contributed by atoms with Gasteiger partial charge in [-0.2, -0.15) is 11.3 Å². The topological polar surface area (TPSA) is 29.5 Å². The monoisotopic (exact) mass is 327 g/mol. The van der Waals surface area contributed by atoms with Gasteiger partial charge in [0.2, 0.25) is 5.91 Å². The van der Waals surface area contributed by atoms with Gasteiger partial charge >= 0.3 is 0 Å². The highest BCUT2D eigenvalue weighted by molar-refractivity contribution is 7.07. The van der Waals surface area contributed by atoms with Crippen molar-refractivity contribution in [1.82, 2.24) is 4.90 Å². The van der Waals surface area contributed by atoms with Crippen molar-refractivity contribution >= 4 is 17.2 Å². The standard InChI is InChI=1S/C19H21NO2S/c1-22-15-6-4-13(5-7-15)16-11-17(16)19(21)20-9-2-3-18(20)14-8-10-23-12-14/h4-8,10,12,16-18H,2-3,9,11H2,1H3/t16-,17+,18-/m0/s1. The van der Waals surface area contributed by atoms with Gasteiger partial charge in [0, 0.05) is 12.5 Å². The van der Waals surface area contributed by atoms with E-state index in [2.05, 4.69) is 33.9 Å². The number of amides is 1. The number of carbonyl (C=O) groups is 1. The lowest BCUT2D eigenvalue weighted by Crippen LogP contribution is -2.32. The van der Waals surface area contributed by atoms with Crippen LogP contribution < -0.4 is 4.74 Å². The van der Waals surface area contributed by atoms with Gasteiger partial charge in [0.1, 0.15) is 5.75 Å². The maximum atomic E-state index is 12.9. The van der Waals surface area contributed by atoms with E-state index in [4.69, 9.17) is 4.74 Å². The SMILES string of the molecule is COc1ccc([C@@H]2C[C@H]2C(=O)N2CCC[C@H]2c2ccsc2)cc1. The van der Waals surface area contributed by atoms with Crippen LogP contribution >= 0.6 is 11.3 Å². The quantitative estimate of drug-likeness (QED) is 0.841. The molecule has 1 aliphatic heterocycles. The second kappa shape index (κ2) is 6.00. The number of methoxy groups -OCH3 is 1. The second-order valence-electron chi connectivity index (χ2n) is 6.47. The van der Waals surface area contributed by atoms with E-state index in [0.29, 0.717) is 17.9 Å². The lowest BCUT2D eigenvalue weighted by Gasteiger charge is -2.24. The summed E-state index contributed by atoms with van der Waals surface area (Å²) in [4.78, 5) is 15.0. The number of rotatable bonds is 4. The lowest BCUT2D eigenvalue weighted by molar-refractivity contribution is -0.133. The summed E-state index contributed by atoms with van der Waals surface area (Å²) in [5, 5.41) is 4.29. The van der Waals surface area contributed by atoms with Gasteiger partial charge < -0.3 is 9.64 Å². The maximum Gasteiger partial charge on any atom is 0.226 e. The molecule has 3 nitrogen and oxygen atoms in total. The Balaban J connectivity index is 1.45. The molecule has 0 spiro atoms. The van der Waals surface area contributed by atoms with Gasteiger partial charge in [-0.1, -0.05) is 12.1 Å². The van der Waals surface area contributed by atoms with Gasteiger partial charge in [-0.3, -0.25) is 4.79 Å². The van der Waals surface area contributed by atoms with E-state index in [9.17, 15) is 4.79 Å². The molecule has 1 saturated heterocycles. The molecule has 0 N–H and O–H groups in total. The summed E-state index contributed by atoms with van der Waals surface area (Å²) >= 11 is 1.72. The maximum absolute atomic E-state index is 12.9. The fourth-order valence-electron chi connectivity index (χ4n) is 3.74. The minimum atomic E-state index is 0.169. The summed E-state index contributed by atoms with van der Waals surface area (Å²) in [5.41, 5.74) is 2.57. The Bertz CT molecular complexity index is 680. The van der Waals surface area contributed by atoms with Gasteiger partial charge in [-0.05, 0) is 65.3 Å². The first-order valence-electron chi connectivity index (χ1n) is 8.24. The van der Waals surface area contributed by atoms with Crippen LogP contribution in [-0.2, 0) is 4.79 Å². The Labute approximate surface area is 140 Å². The molecule has 1 amide bonds. The minimum Gasteiger partial charge on any atom is -0.497 e. The first kappa shape index (κ1) is 14.8. The zero-order valence-corrected chi connectivity index (χ0v) is 14.1. The Morgan fingerprint density at radius 3 is 2.74 bits per heavy atom. The van der Waals surface area contributed by atoms with Gasteiger partial charge in [0.15, 0.2) is 0 Å². The van der Waals surface area contributed by atoms with Gasteiger partial charge in [0.05, 0.1) is 13.2 Å². The number of ether oxygens (including phenoxy) is 1. The molecule has 0 bridgehead atoms. The molecule has 2 aromatic rings. The van der Waals surface area contributed by atoms with Crippen molar-refractivity contribution in [1.29, 1.82) is 0 Å². The molecule has 0 unspecified atom stereocenters. The van der Waals surface area contributed by atoms with Gasteiger partial charge in [-0.25, -0.2) is 0 Å². The van der Waals surface area contributed by atoms with Crippen LogP contribution in [0.4, 0.5) is 0 Å². The van der Waals surface area contributed by atoms with Crippen LogP contribution in [-0.4, -0.2) is 24.5 Å². The number of nitrogens with zero attached hydrogens (tertiary/aromatic N) is 1. The third kappa shape index (κ3) is 2.76. The molecule has 23 heavy (non-hydrogen) atoms. The zero-order valence-electron chi connectivity index (χ0n) is 13.3. The second-order valence-corrected chi connectivity index (χ2v) is 7.25. The number of benzene rings is 1. The van der Waals surface area contributed by atoms with Crippen LogP contribution in [0, 0.1) is 5.92 Å². The molecule has 2 aliphatic rings. The van der Waals surface area contributed by atoms with Crippen LogP contribution in [0.25, 0.3) is 0 Å². The van der Waals surface area contributed by atoms with Gasteiger partial charge in [0.25, 0.3) is 0 Å². The summed E-state index contributed by atoms with van der Waals surface area (Å²) in [5.74, 6) is 1.77. The highest BCUT2D eigenvalue weighted by atomic mass is 32.1. The van der Waals surface area contributed by atoms with Crippen LogP contribution in [0.3, 0.4) is 0 Å². The van der Waals surface area contributed by atoms with E-state index in [1.165, 1.54) is 11.1 Å². The molecule has 4 heteroatoms. The molecule has 1 saturated carbocycles. The molecule has 3 atom stereocenters. The number of likely N-dealkylation sites (tertiary alicyclic amines) is 1. The number of hydrogen-bond acceptors (Lipinski definition) is 3. The summed E-state index contributed by atoms with van der Waals surface area (Å²) in [6.45, 7) is 0.908. The molecule has 1 aromatic heterocycles. The highest BCUT2D eigenvalue weighted by Gasteiger charge is 2.47. The molecule has 120 valence electrons. The van der Waals surface area contributed by atoms with Crippen molar-refractivity contribution in [3.63, 3.8) is 0 Å². The van der Waals surface area contributed by atoms with E-state index < -0.39 is 0 Å². The molecular weight excluding hydrogens is 306 g/mol. The molecule has 2 heterocycles. The van der Waals surface area contributed by atoms with E-state index in [1.54, 1.807) is 18.4 Å². The average molecular weight is 327 g/mol.